The number of hydrogen-bond donors (Lipinski definition) is 1. The van der Waals surface area contributed by atoms with Crippen molar-refractivity contribution in [1.82, 2.24) is 5.32 Å². The minimum absolute atomic E-state index is 0.0738. The first kappa shape index (κ1) is 14.3. The van der Waals surface area contributed by atoms with Crippen LogP contribution in [0.25, 0.3) is 0 Å². The first-order chi connectivity index (χ1) is 8.01. The lowest BCUT2D eigenvalue weighted by Crippen LogP contribution is -2.32. The van der Waals surface area contributed by atoms with E-state index >= 15 is 0 Å². The smallest absolute Gasteiger partial charge is 0.122 e. The van der Waals surface area contributed by atoms with Crippen LogP contribution in [0.5, 0.6) is 5.75 Å². The van der Waals surface area contributed by atoms with Gasteiger partial charge in [0.05, 0.1) is 12.6 Å². The minimum Gasteiger partial charge on any atom is -0.494 e. The van der Waals surface area contributed by atoms with E-state index in [1.54, 1.807) is 0 Å². The second-order valence-electron chi connectivity index (χ2n) is 4.86. The van der Waals surface area contributed by atoms with Crippen LogP contribution in [0.1, 0.15) is 31.9 Å². The first-order valence-electron chi connectivity index (χ1n) is 6.02. The quantitative estimate of drug-likeness (QED) is 0.621. The molecule has 0 aliphatic carbocycles. The lowest BCUT2D eigenvalue weighted by atomic mass is 9.84. The Balaban J connectivity index is 2.88. The Bertz CT molecular complexity index is 363. The van der Waals surface area contributed by atoms with Gasteiger partial charge in [-0.2, -0.15) is 0 Å². The van der Waals surface area contributed by atoms with E-state index in [4.69, 9.17) is 16.3 Å². The Morgan fingerprint density at radius 2 is 2.06 bits per heavy atom. The fraction of sp³-hybridized carbons (Fsp3) is 0.571. The van der Waals surface area contributed by atoms with Gasteiger partial charge in [0.25, 0.3) is 0 Å². The van der Waals surface area contributed by atoms with Gasteiger partial charge in [-0.15, -0.1) is 11.6 Å². The van der Waals surface area contributed by atoms with Crippen molar-refractivity contribution in [1.29, 1.82) is 0 Å². The molecule has 0 aliphatic heterocycles. The molecule has 1 aromatic carbocycles. The highest BCUT2D eigenvalue weighted by Crippen LogP contribution is 2.27. The summed E-state index contributed by atoms with van der Waals surface area (Å²) in [5, 5.41) is 3.18. The second-order valence-corrected chi connectivity index (χ2v) is 5.12. The Labute approximate surface area is 109 Å². The van der Waals surface area contributed by atoms with Crippen LogP contribution < -0.4 is 10.1 Å². The van der Waals surface area contributed by atoms with Gasteiger partial charge in [0.2, 0.25) is 0 Å². The van der Waals surface area contributed by atoms with Crippen LogP contribution >= 0.6 is 11.6 Å². The highest BCUT2D eigenvalue weighted by atomic mass is 35.5. The van der Waals surface area contributed by atoms with Crippen molar-refractivity contribution in [3.63, 3.8) is 0 Å². The van der Waals surface area contributed by atoms with Crippen molar-refractivity contribution in [3.8, 4) is 5.75 Å². The van der Waals surface area contributed by atoms with Crippen LogP contribution in [0, 0.1) is 6.92 Å². The van der Waals surface area contributed by atoms with Gasteiger partial charge in [0.1, 0.15) is 5.75 Å². The Morgan fingerprint density at radius 3 is 2.59 bits per heavy atom. The van der Waals surface area contributed by atoms with Gasteiger partial charge in [-0.1, -0.05) is 26.0 Å². The molecular formula is C14H22ClNO. The molecule has 17 heavy (non-hydrogen) atoms. The van der Waals surface area contributed by atoms with E-state index in [1.807, 2.05) is 6.92 Å². The molecule has 1 N–H and O–H groups in total. The monoisotopic (exact) mass is 255 g/mol. The van der Waals surface area contributed by atoms with Crippen molar-refractivity contribution in [3.05, 3.63) is 29.3 Å². The summed E-state index contributed by atoms with van der Waals surface area (Å²) in [5.74, 6) is 0.970. The molecule has 0 heterocycles. The number of nitrogens with one attached hydrogen (secondary N) is 1. The lowest BCUT2D eigenvalue weighted by Gasteiger charge is -2.26. The number of hydrogen-bond acceptors (Lipinski definition) is 2. The highest BCUT2D eigenvalue weighted by Gasteiger charge is 2.20. The molecule has 0 saturated carbocycles. The molecule has 0 bridgehead atoms. The van der Waals surface area contributed by atoms with E-state index in [0.717, 1.165) is 12.3 Å². The average Bonchev–Trinajstić information content (AvgIpc) is 2.29. The SMILES string of the molecule is CCOc1ccc(C(C)(C)CNCCl)cc1C. The predicted molar refractivity (Wildman–Crippen MR) is 74.1 cm³/mol. The standard InChI is InChI=1S/C14H22ClNO/c1-5-17-13-7-6-12(8-11(13)2)14(3,4)9-16-10-15/h6-8,16H,5,9-10H2,1-4H3. The zero-order chi connectivity index (χ0) is 12.9. The molecule has 0 amide bonds. The molecule has 1 rings (SSSR count). The Kier molecular flexibility index (Phi) is 5.29. The molecule has 3 heteroatoms. The van der Waals surface area contributed by atoms with Gasteiger partial charge >= 0.3 is 0 Å². The predicted octanol–water partition coefficient (Wildman–Crippen LogP) is 3.46. The second kappa shape index (κ2) is 6.27. The number of alkyl halides is 1. The molecule has 0 atom stereocenters. The van der Waals surface area contributed by atoms with Gasteiger partial charge in [0.15, 0.2) is 0 Å². The van der Waals surface area contributed by atoms with Crippen molar-refractivity contribution in [2.75, 3.05) is 19.2 Å². The third-order valence-electron chi connectivity index (χ3n) is 2.92. The van der Waals surface area contributed by atoms with Crippen molar-refractivity contribution in [2.24, 2.45) is 0 Å². The maximum absolute atomic E-state index is 5.66. The van der Waals surface area contributed by atoms with E-state index < -0.39 is 0 Å². The zero-order valence-electron chi connectivity index (χ0n) is 11.1. The van der Waals surface area contributed by atoms with Crippen molar-refractivity contribution in [2.45, 2.75) is 33.1 Å². The Morgan fingerprint density at radius 1 is 1.35 bits per heavy atom. The summed E-state index contributed by atoms with van der Waals surface area (Å²) >= 11 is 5.66. The molecule has 0 fully saturated rings. The molecule has 0 aliphatic rings. The molecule has 0 unspecified atom stereocenters. The van der Waals surface area contributed by atoms with E-state index in [1.165, 1.54) is 11.1 Å². The number of ether oxygens (including phenoxy) is 1. The van der Waals surface area contributed by atoms with E-state index in [2.05, 4.69) is 44.3 Å². The fourth-order valence-electron chi connectivity index (χ4n) is 1.85. The molecule has 96 valence electrons. The molecule has 1 aromatic rings. The van der Waals surface area contributed by atoms with Gasteiger partial charge in [-0.05, 0) is 31.0 Å². The normalized spacial score (nSPS) is 11.6. The van der Waals surface area contributed by atoms with Crippen LogP contribution in [0.2, 0.25) is 0 Å². The van der Waals surface area contributed by atoms with E-state index in [-0.39, 0.29) is 5.41 Å². The molecular weight excluding hydrogens is 234 g/mol. The average molecular weight is 256 g/mol. The van der Waals surface area contributed by atoms with Crippen molar-refractivity contribution < 1.29 is 4.74 Å². The molecule has 0 radical (unpaired) electrons. The zero-order valence-corrected chi connectivity index (χ0v) is 11.9. The number of benzene rings is 1. The van der Waals surface area contributed by atoms with Crippen molar-refractivity contribution >= 4 is 11.6 Å². The van der Waals surface area contributed by atoms with Gasteiger partial charge in [-0.25, -0.2) is 0 Å². The maximum Gasteiger partial charge on any atom is 0.122 e. The fourth-order valence-corrected chi connectivity index (χ4v) is 1.94. The highest BCUT2D eigenvalue weighted by molar-refractivity contribution is 6.17. The lowest BCUT2D eigenvalue weighted by molar-refractivity contribution is 0.337. The first-order valence-corrected chi connectivity index (χ1v) is 6.55. The van der Waals surface area contributed by atoms with Crippen LogP contribution in [0.3, 0.4) is 0 Å². The third-order valence-corrected chi connectivity index (χ3v) is 3.11. The van der Waals surface area contributed by atoms with Crippen LogP contribution in [0.15, 0.2) is 18.2 Å². The van der Waals surface area contributed by atoms with Gasteiger partial charge in [-0.3, -0.25) is 0 Å². The maximum atomic E-state index is 5.66. The van der Waals surface area contributed by atoms with Crippen LogP contribution in [-0.4, -0.2) is 19.2 Å². The summed E-state index contributed by atoms with van der Waals surface area (Å²) in [5.41, 5.74) is 2.56. The summed E-state index contributed by atoms with van der Waals surface area (Å²) in [6.07, 6.45) is 0. The van der Waals surface area contributed by atoms with Crippen LogP contribution in [0.4, 0.5) is 0 Å². The van der Waals surface area contributed by atoms with E-state index in [0.29, 0.717) is 12.6 Å². The molecule has 0 aromatic heterocycles. The largest absolute Gasteiger partial charge is 0.494 e. The number of aryl methyl sites for hydroxylation is 1. The van der Waals surface area contributed by atoms with Gasteiger partial charge < -0.3 is 10.1 Å². The molecule has 0 spiro atoms. The summed E-state index contributed by atoms with van der Waals surface area (Å²) in [7, 11) is 0. The van der Waals surface area contributed by atoms with E-state index in [9.17, 15) is 0 Å². The summed E-state index contributed by atoms with van der Waals surface area (Å²) in [6, 6.07) is 6.87. The summed E-state index contributed by atoms with van der Waals surface area (Å²) < 4.78 is 5.55. The summed E-state index contributed by atoms with van der Waals surface area (Å²) in [6.45, 7) is 10.1. The number of halogens is 1. The number of rotatable bonds is 6. The Hall–Kier alpha value is -0.730. The topological polar surface area (TPSA) is 21.3 Å². The minimum atomic E-state index is 0.0738. The molecule has 0 saturated heterocycles. The van der Waals surface area contributed by atoms with Gasteiger partial charge in [0, 0.05) is 12.0 Å². The summed E-state index contributed by atoms with van der Waals surface area (Å²) in [4.78, 5) is 0. The third kappa shape index (κ3) is 3.90. The molecule has 2 nitrogen and oxygen atoms in total. The van der Waals surface area contributed by atoms with Crippen LogP contribution in [-0.2, 0) is 5.41 Å².